The van der Waals surface area contributed by atoms with Crippen molar-refractivity contribution >= 4 is 27.9 Å². The van der Waals surface area contributed by atoms with Crippen molar-refractivity contribution in [3.63, 3.8) is 0 Å². The molecule has 0 radical (unpaired) electrons. The summed E-state index contributed by atoms with van der Waals surface area (Å²) in [6.07, 6.45) is -0.221. The Morgan fingerprint density at radius 3 is 1.68 bits per heavy atom. The molecule has 44 heavy (non-hydrogen) atoms. The summed E-state index contributed by atoms with van der Waals surface area (Å²) in [4.78, 5) is 51.8. The molecule has 0 aliphatic carbocycles. The predicted octanol–water partition coefficient (Wildman–Crippen LogP) is 5.39. The second-order valence-corrected chi connectivity index (χ2v) is 11.5. The molecule has 0 unspecified atom stereocenters. The molecule has 5 aromatic rings. The number of H-pyrrole nitrogens is 2. The minimum atomic E-state index is -1.14. The Labute approximate surface area is 259 Å². The fourth-order valence-corrected chi connectivity index (χ4v) is 5.66. The molecule has 4 N–H and O–H groups in total. The highest BCUT2D eigenvalue weighted by molar-refractivity contribution is 9.10. The van der Waals surface area contributed by atoms with E-state index >= 15 is 0 Å². The van der Waals surface area contributed by atoms with Crippen molar-refractivity contribution in [2.24, 2.45) is 0 Å². The molecule has 0 spiro atoms. The van der Waals surface area contributed by atoms with Crippen LogP contribution in [0.1, 0.15) is 68.6 Å². The molecule has 0 aliphatic heterocycles. The van der Waals surface area contributed by atoms with Gasteiger partial charge in [0, 0.05) is 21.4 Å². The number of halogens is 1. The maximum Gasteiger partial charge on any atom is 0.335 e. The average Bonchev–Trinajstić information content (AvgIpc) is 3.44. The lowest BCUT2D eigenvalue weighted by Gasteiger charge is -2.21. The Balaban J connectivity index is 1.81. The third kappa shape index (κ3) is 5.63. The quantitative estimate of drug-likeness (QED) is 0.165. The first kappa shape index (κ1) is 30.4. The molecule has 11 nitrogen and oxygen atoms in total. The maximum atomic E-state index is 14.2. The molecule has 0 aliphatic rings. The zero-order chi connectivity index (χ0) is 31.9. The van der Waals surface area contributed by atoms with Crippen LogP contribution >= 0.6 is 15.9 Å². The first-order valence-corrected chi connectivity index (χ1v) is 14.4. The summed E-state index contributed by atoms with van der Waals surface area (Å²) < 4.78 is 9.36. The third-order valence-corrected chi connectivity index (χ3v) is 7.65. The number of aromatic carboxylic acids is 2. The van der Waals surface area contributed by atoms with Crippen molar-refractivity contribution in [2.75, 3.05) is 0 Å². The van der Waals surface area contributed by atoms with Crippen molar-refractivity contribution in [1.82, 2.24) is 19.6 Å². The molecule has 0 saturated heterocycles. The summed E-state index contributed by atoms with van der Waals surface area (Å²) in [7, 11) is 0. The van der Waals surface area contributed by atoms with Crippen molar-refractivity contribution in [3.05, 3.63) is 131 Å². The number of carboxylic acids is 2. The summed E-state index contributed by atoms with van der Waals surface area (Å²) in [6, 6.07) is 17.3. The van der Waals surface area contributed by atoms with Gasteiger partial charge < -0.3 is 14.9 Å². The molecule has 3 aromatic carbocycles. The van der Waals surface area contributed by atoms with E-state index < -0.39 is 29.0 Å². The van der Waals surface area contributed by atoms with Crippen LogP contribution in [-0.4, -0.2) is 47.8 Å². The molecular formula is C32H29BrN4O7. The fourth-order valence-electron chi connectivity index (χ4n) is 5.28. The van der Waals surface area contributed by atoms with Gasteiger partial charge in [-0.2, -0.15) is 0 Å². The highest BCUT2D eigenvalue weighted by Gasteiger charge is 2.33. The molecule has 5 rings (SSSR count). The lowest BCUT2D eigenvalue weighted by Crippen LogP contribution is -2.26. The molecule has 12 heteroatoms. The number of nitrogens with one attached hydrogen (secondary N) is 2. The van der Waals surface area contributed by atoms with E-state index in [4.69, 9.17) is 4.74 Å². The Morgan fingerprint density at radius 1 is 0.773 bits per heavy atom. The summed E-state index contributed by atoms with van der Waals surface area (Å²) >= 11 is 3.53. The summed E-state index contributed by atoms with van der Waals surface area (Å²) in [6.45, 7) is 7.15. The molecule has 0 bridgehead atoms. The van der Waals surface area contributed by atoms with Crippen LogP contribution in [0.2, 0.25) is 0 Å². The monoisotopic (exact) mass is 660 g/mol. The van der Waals surface area contributed by atoms with Crippen LogP contribution in [0.15, 0.2) is 80.8 Å². The topological polar surface area (TPSA) is 159 Å². The Kier molecular flexibility index (Phi) is 8.20. The largest absolute Gasteiger partial charge is 0.491 e. The molecule has 0 saturated carbocycles. The number of carbonyl (C=O) groups is 2. The van der Waals surface area contributed by atoms with Crippen LogP contribution in [0, 0.1) is 13.8 Å². The van der Waals surface area contributed by atoms with Gasteiger partial charge in [0.1, 0.15) is 5.75 Å². The number of hydrogen-bond donors (Lipinski definition) is 4. The van der Waals surface area contributed by atoms with Crippen molar-refractivity contribution in [1.29, 1.82) is 0 Å². The van der Waals surface area contributed by atoms with Crippen molar-refractivity contribution in [3.8, 4) is 17.1 Å². The SMILES string of the molecule is Cc1[nH]n(-c2cccc(C(=O)O)c2)c(=O)c1C(c1cc(Br)ccc1OC(C)C)c1c(C)[nH]n(-c2cccc(C(=O)O)c2)c1=O. The smallest absolute Gasteiger partial charge is 0.335 e. The summed E-state index contributed by atoms with van der Waals surface area (Å²) in [5.74, 6) is -2.75. The van der Waals surface area contributed by atoms with Gasteiger partial charge >= 0.3 is 11.9 Å². The van der Waals surface area contributed by atoms with Crippen LogP contribution in [0.5, 0.6) is 5.75 Å². The number of carboxylic acid groups (broad SMARTS) is 2. The van der Waals surface area contributed by atoms with E-state index in [0.29, 0.717) is 38.5 Å². The number of aromatic nitrogens is 4. The van der Waals surface area contributed by atoms with Gasteiger partial charge in [0.05, 0.1) is 45.7 Å². The average molecular weight is 662 g/mol. The molecule has 2 aromatic heterocycles. The first-order valence-electron chi connectivity index (χ1n) is 13.6. The number of aryl methyl sites for hydroxylation is 2. The Morgan fingerprint density at radius 2 is 1.25 bits per heavy atom. The van der Waals surface area contributed by atoms with E-state index in [2.05, 4.69) is 26.1 Å². The van der Waals surface area contributed by atoms with Crippen LogP contribution in [0.25, 0.3) is 11.4 Å². The summed E-state index contributed by atoms with van der Waals surface area (Å²) in [5, 5.41) is 25.2. The number of hydrogen-bond acceptors (Lipinski definition) is 5. The van der Waals surface area contributed by atoms with E-state index in [1.54, 1.807) is 56.3 Å². The Bertz CT molecular complexity index is 1920. The van der Waals surface area contributed by atoms with Gasteiger partial charge in [-0.3, -0.25) is 19.8 Å². The number of aromatic amines is 2. The van der Waals surface area contributed by atoms with Gasteiger partial charge in [-0.25, -0.2) is 19.0 Å². The van der Waals surface area contributed by atoms with E-state index in [9.17, 15) is 29.4 Å². The molecule has 0 atom stereocenters. The van der Waals surface area contributed by atoms with Gasteiger partial charge in [0.25, 0.3) is 11.1 Å². The van der Waals surface area contributed by atoms with Gasteiger partial charge in [0.15, 0.2) is 0 Å². The molecule has 2 heterocycles. The summed E-state index contributed by atoms with van der Waals surface area (Å²) in [5.41, 5.74) is 1.63. The highest BCUT2D eigenvalue weighted by Crippen LogP contribution is 2.39. The lowest BCUT2D eigenvalue weighted by molar-refractivity contribution is 0.0686. The zero-order valence-electron chi connectivity index (χ0n) is 24.2. The van der Waals surface area contributed by atoms with Crippen molar-refractivity contribution in [2.45, 2.75) is 39.7 Å². The highest BCUT2D eigenvalue weighted by atomic mass is 79.9. The van der Waals surface area contributed by atoms with Crippen LogP contribution in [-0.2, 0) is 0 Å². The van der Waals surface area contributed by atoms with Gasteiger partial charge in [0.2, 0.25) is 0 Å². The number of benzene rings is 3. The molecule has 0 fully saturated rings. The molecule has 0 amide bonds. The lowest BCUT2D eigenvalue weighted by atomic mass is 9.84. The minimum absolute atomic E-state index is 0.00678. The van der Waals surface area contributed by atoms with Crippen LogP contribution < -0.4 is 15.9 Å². The maximum absolute atomic E-state index is 14.2. The van der Waals surface area contributed by atoms with Gasteiger partial charge in [-0.05, 0) is 82.3 Å². The number of nitrogens with zero attached hydrogens (tertiary/aromatic N) is 2. The zero-order valence-corrected chi connectivity index (χ0v) is 25.8. The second kappa shape index (κ2) is 11.9. The normalized spacial score (nSPS) is 11.3. The van der Waals surface area contributed by atoms with E-state index in [-0.39, 0.29) is 28.4 Å². The van der Waals surface area contributed by atoms with Gasteiger partial charge in [-0.1, -0.05) is 28.1 Å². The van der Waals surface area contributed by atoms with Crippen LogP contribution in [0.4, 0.5) is 0 Å². The molecular weight excluding hydrogens is 632 g/mol. The van der Waals surface area contributed by atoms with Crippen LogP contribution in [0.3, 0.4) is 0 Å². The van der Waals surface area contributed by atoms with Gasteiger partial charge in [-0.15, -0.1) is 0 Å². The Hall–Kier alpha value is -5.10. The predicted molar refractivity (Wildman–Crippen MR) is 167 cm³/mol. The third-order valence-electron chi connectivity index (χ3n) is 7.16. The number of ether oxygens (including phenoxy) is 1. The molecule has 226 valence electrons. The first-order chi connectivity index (χ1) is 20.9. The van der Waals surface area contributed by atoms with Crippen molar-refractivity contribution < 1.29 is 24.5 Å². The second-order valence-electron chi connectivity index (χ2n) is 10.6. The minimum Gasteiger partial charge on any atom is -0.491 e. The van der Waals surface area contributed by atoms with E-state index in [0.717, 1.165) is 0 Å². The number of rotatable bonds is 9. The fraction of sp³-hybridized carbons (Fsp3) is 0.188. The van der Waals surface area contributed by atoms with E-state index in [1.165, 1.54) is 33.6 Å². The standard InChI is InChI=1S/C32H29BrN4O7/c1-16(2)44-25-12-11-21(33)15-24(25)28(26-17(3)34-36(29(26)38)22-9-5-7-19(13-22)31(40)41)27-18(4)35-37(30(27)39)23-10-6-8-20(14-23)32(42)43/h5-16,28,34-35H,1-4H3,(H,40,41)(H,42,43). The van der Waals surface area contributed by atoms with E-state index in [1.807, 2.05) is 13.8 Å².